The van der Waals surface area contributed by atoms with Crippen molar-refractivity contribution in [3.8, 4) is 0 Å². The number of hydrogen-bond acceptors (Lipinski definition) is 3. The fourth-order valence-electron chi connectivity index (χ4n) is 0.403. The maximum Gasteiger partial charge on any atom is 0.333 e. The largest absolute Gasteiger partial charge is 0.392 e. The second kappa shape index (κ2) is 5.19. The molecule has 6 N–H and O–H groups in total. The van der Waals surface area contributed by atoms with Crippen LogP contribution in [-0.4, -0.2) is 29.8 Å². The Morgan fingerprint density at radius 1 is 1.50 bits per heavy atom. The van der Waals surface area contributed by atoms with Gasteiger partial charge in [-0.15, -0.1) is 0 Å². The number of hydrazine groups is 1. The summed E-state index contributed by atoms with van der Waals surface area (Å²) in [5.41, 5.74) is 8.47. The molecule has 0 saturated carbocycles. The van der Waals surface area contributed by atoms with Crippen LogP contribution in [0.5, 0.6) is 0 Å². The van der Waals surface area contributed by atoms with Gasteiger partial charge in [-0.2, -0.15) is 0 Å². The molecule has 0 heterocycles. The van der Waals surface area contributed by atoms with E-state index < -0.39 is 18.2 Å². The van der Waals surface area contributed by atoms with Crippen LogP contribution in [0.2, 0.25) is 0 Å². The summed E-state index contributed by atoms with van der Waals surface area (Å²) in [6, 6.07) is -1.49. The Labute approximate surface area is 69.3 Å². The van der Waals surface area contributed by atoms with Gasteiger partial charge in [-0.1, -0.05) is 0 Å². The van der Waals surface area contributed by atoms with Crippen molar-refractivity contribution >= 4 is 12.1 Å². The van der Waals surface area contributed by atoms with Crippen molar-refractivity contribution in [1.29, 1.82) is 0 Å². The summed E-state index contributed by atoms with van der Waals surface area (Å²) in [6.07, 6.45) is -0.635. The van der Waals surface area contributed by atoms with Crippen LogP contribution in [0.4, 0.5) is 9.59 Å². The van der Waals surface area contributed by atoms with Crippen LogP contribution in [0.1, 0.15) is 6.92 Å². The molecular formula is C5H12N4O3. The summed E-state index contributed by atoms with van der Waals surface area (Å²) in [6.45, 7) is 1.62. The Morgan fingerprint density at radius 3 is 2.50 bits per heavy atom. The number of primary amides is 1. The molecule has 0 saturated heterocycles. The second-order valence-corrected chi connectivity index (χ2v) is 2.17. The van der Waals surface area contributed by atoms with Crippen LogP contribution in [-0.2, 0) is 0 Å². The molecule has 7 nitrogen and oxygen atoms in total. The van der Waals surface area contributed by atoms with E-state index in [4.69, 9.17) is 5.11 Å². The molecule has 1 atom stereocenters. The maximum absolute atomic E-state index is 10.6. The van der Waals surface area contributed by atoms with E-state index >= 15 is 0 Å². The number of nitrogens with two attached hydrogens (primary N) is 1. The highest BCUT2D eigenvalue weighted by Crippen LogP contribution is 1.73. The topological polar surface area (TPSA) is 116 Å². The van der Waals surface area contributed by atoms with Gasteiger partial charge in [0.15, 0.2) is 0 Å². The number of carbonyl (C=O) groups is 2. The van der Waals surface area contributed by atoms with Crippen LogP contribution in [0.15, 0.2) is 0 Å². The highest BCUT2D eigenvalue weighted by molar-refractivity contribution is 5.78. The molecular weight excluding hydrogens is 164 g/mol. The molecule has 0 aliphatic carbocycles. The van der Waals surface area contributed by atoms with E-state index in [1.165, 1.54) is 6.92 Å². The molecule has 0 aromatic heterocycles. The van der Waals surface area contributed by atoms with Gasteiger partial charge in [0.1, 0.15) is 0 Å². The Kier molecular flexibility index (Phi) is 4.54. The van der Waals surface area contributed by atoms with Gasteiger partial charge < -0.3 is 16.2 Å². The number of amides is 4. The highest BCUT2D eigenvalue weighted by Gasteiger charge is 2.01. The van der Waals surface area contributed by atoms with E-state index in [9.17, 15) is 9.59 Å². The van der Waals surface area contributed by atoms with Gasteiger partial charge in [-0.05, 0) is 6.92 Å². The van der Waals surface area contributed by atoms with Gasteiger partial charge in [-0.3, -0.25) is 0 Å². The van der Waals surface area contributed by atoms with Crippen LogP contribution in [0.25, 0.3) is 0 Å². The van der Waals surface area contributed by atoms with Gasteiger partial charge >= 0.3 is 12.1 Å². The summed E-state index contributed by atoms with van der Waals surface area (Å²) in [7, 11) is 0. The van der Waals surface area contributed by atoms with E-state index in [2.05, 4.69) is 11.1 Å². The third-order valence-electron chi connectivity index (χ3n) is 0.857. The lowest BCUT2D eigenvalue weighted by Gasteiger charge is -2.08. The number of aliphatic hydroxyl groups excluding tert-OH is 1. The quantitative estimate of drug-likeness (QED) is 0.321. The Morgan fingerprint density at radius 2 is 2.08 bits per heavy atom. The molecule has 0 radical (unpaired) electrons. The SMILES string of the molecule is CC(O)CNC(=O)NNC(N)=O. The first-order valence-corrected chi connectivity index (χ1v) is 3.29. The summed E-state index contributed by atoms with van der Waals surface area (Å²) in [5, 5.41) is 11.0. The number of urea groups is 2. The molecule has 0 aliphatic rings. The highest BCUT2D eigenvalue weighted by atomic mass is 16.3. The maximum atomic E-state index is 10.6. The summed E-state index contributed by atoms with van der Waals surface area (Å²) in [4.78, 5) is 20.7. The summed E-state index contributed by atoms with van der Waals surface area (Å²) >= 11 is 0. The molecule has 12 heavy (non-hydrogen) atoms. The van der Waals surface area contributed by atoms with Gasteiger partial charge in [0.05, 0.1) is 6.10 Å². The molecule has 0 bridgehead atoms. The third kappa shape index (κ3) is 6.62. The van der Waals surface area contributed by atoms with E-state index in [1.807, 2.05) is 10.9 Å². The van der Waals surface area contributed by atoms with Crippen LogP contribution >= 0.6 is 0 Å². The monoisotopic (exact) mass is 176 g/mol. The first-order chi connectivity index (χ1) is 5.52. The Balaban J connectivity index is 3.40. The number of rotatable bonds is 2. The van der Waals surface area contributed by atoms with Crippen molar-refractivity contribution in [2.45, 2.75) is 13.0 Å². The Bertz CT molecular complexity index is 170. The third-order valence-corrected chi connectivity index (χ3v) is 0.857. The molecule has 0 rings (SSSR count). The van der Waals surface area contributed by atoms with Crippen molar-refractivity contribution in [3.63, 3.8) is 0 Å². The molecule has 7 heteroatoms. The first kappa shape index (κ1) is 10.5. The van der Waals surface area contributed by atoms with E-state index in [0.29, 0.717) is 0 Å². The van der Waals surface area contributed by atoms with Crippen LogP contribution in [0.3, 0.4) is 0 Å². The van der Waals surface area contributed by atoms with Crippen LogP contribution in [0, 0.1) is 0 Å². The Hall–Kier alpha value is -1.50. The van der Waals surface area contributed by atoms with Crippen molar-refractivity contribution in [2.24, 2.45) is 5.73 Å². The number of hydrogen-bond donors (Lipinski definition) is 5. The van der Waals surface area contributed by atoms with E-state index in [0.717, 1.165) is 0 Å². The van der Waals surface area contributed by atoms with Crippen LogP contribution < -0.4 is 21.9 Å². The van der Waals surface area contributed by atoms with Crippen molar-refractivity contribution < 1.29 is 14.7 Å². The summed E-state index contributed by atoms with van der Waals surface area (Å²) < 4.78 is 0. The van der Waals surface area contributed by atoms with Gasteiger partial charge in [-0.25, -0.2) is 20.4 Å². The van der Waals surface area contributed by atoms with Crippen molar-refractivity contribution in [1.82, 2.24) is 16.2 Å². The number of carbonyl (C=O) groups excluding carboxylic acids is 2. The fourth-order valence-corrected chi connectivity index (χ4v) is 0.403. The van der Waals surface area contributed by atoms with E-state index in [-0.39, 0.29) is 6.54 Å². The average Bonchev–Trinajstić information content (AvgIpc) is 1.96. The molecule has 0 aromatic rings. The molecule has 4 amide bonds. The minimum atomic E-state index is -0.859. The average molecular weight is 176 g/mol. The summed E-state index contributed by atoms with van der Waals surface area (Å²) in [5.74, 6) is 0. The standard InChI is InChI=1S/C5H12N4O3/c1-3(10)2-7-5(12)9-8-4(6)11/h3,10H,2H2,1H3,(H3,6,8,11)(H2,7,9,12). The van der Waals surface area contributed by atoms with Gasteiger partial charge in [0.2, 0.25) is 0 Å². The molecule has 1 unspecified atom stereocenters. The predicted molar refractivity (Wildman–Crippen MR) is 40.9 cm³/mol. The molecule has 70 valence electrons. The number of aliphatic hydroxyl groups is 1. The lowest BCUT2D eigenvalue weighted by Crippen LogP contribution is -2.49. The van der Waals surface area contributed by atoms with E-state index in [1.54, 1.807) is 0 Å². The molecule has 0 aromatic carbocycles. The minimum absolute atomic E-state index is 0.103. The van der Waals surface area contributed by atoms with Crippen molar-refractivity contribution in [2.75, 3.05) is 6.54 Å². The predicted octanol–water partition coefficient (Wildman–Crippen LogP) is -1.75. The molecule has 0 fully saturated rings. The van der Waals surface area contributed by atoms with Crippen molar-refractivity contribution in [3.05, 3.63) is 0 Å². The zero-order valence-corrected chi connectivity index (χ0v) is 6.63. The lowest BCUT2D eigenvalue weighted by atomic mass is 10.4. The smallest absolute Gasteiger partial charge is 0.333 e. The number of nitrogens with one attached hydrogen (secondary N) is 3. The molecule has 0 spiro atoms. The fraction of sp³-hybridized carbons (Fsp3) is 0.600. The normalized spacial score (nSPS) is 11.5. The lowest BCUT2D eigenvalue weighted by molar-refractivity contribution is 0.186. The second-order valence-electron chi connectivity index (χ2n) is 2.17. The first-order valence-electron chi connectivity index (χ1n) is 3.29. The molecule has 0 aliphatic heterocycles. The zero-order valence-electron chi connectivity index (χ0n) is 6.63. The van der Waals surface area contributed by atoms with Gasteiger partial charge in [0, 0.05) is 6.54 Å². The van der Waals surface area contributed by atoms with Gasteiger partial charge in [0.25, 0.3) is 0 Å². The minimum Gasteiger partial charge on any atom is -0.392 e. The zero-order chi connectivity index (χ0) is 9.56.